The monoisotopic (exact) mass is 511 g/mol. The molecule has 1 atom stereocenters. The van der Waals surface area contributed by atoms with Crippen molar-refractivity contribution in [3.05, 3.63) is 45.8 Å². The van der Waals surface area contributed by atoms with E-state index in [1.54, 1.807) is 29.9 Å². The van der Waals surface area contributed by atoms with Gasteiger partial charge >= 0.3 is 0 Å². The molecule has 2 saturated carbocycles. The van der Waals surface area contributed by atoms with Gasteiger partial charge in [-0.25, -0.2) is 4.98 Å². The van der Waals surface area contributed by atoms with E-state index in [0.29, 0.717) is 40.5 Å². The average Bonchev–Trinajstić information content (AvgIpc) is 3.78. The number of hydrogen-bond acceptors (Lipinski definition) is 7. The number of thiophene rings is 1. The van der Waals surface area contributed by atoms with E-state index < -0.39 is 0 Å². The molecule has 3 aromatic heterocycles. The Morgan fingerprint density at radius 2 is 2.03 bits per heavy atom. The number of nitrogens with zero attached hydrogens (tertiary/aromatic N) is 4. The van der Waals surface area contributed by atoms with Crippen molar-refractivity contribution in [2.45, 2.75) is 51.0 Å². The Morgan fingerprint density at radius 1 is 1.17 bits per heavy atom. The van der Waals surface area contributed by atoms with Gasteiger partial charge in [-0.15, -0.1) is 21.5 Å². The van der Waals surface area contributed by atoms with Crippen LogP contribution in [0.3, 0.4) is 0 Å². The molecule has 35 heavy (non-hydrogen) atoms. The van der Waals surface area contributed by atoms with E-state index in [4.69, 9.17) is 11.6 Å². The lowest BCUT2D eigenvalue weighted by Gasteiger charge is -2.25. The molecule has 11 heteroatoms. The standard InChI is InChI=1S/C24H26ClN7O2S/c25-19-8-5-15(11-26-19)29-24-31-28-12-32(24)16-6-7-18-17(9-16)20(22(34)27-10-13-1-2-13)23(35-18)30-21(33)14-3-4-14/h5,8,11-14,16H,1-4,6-7,9-10H2,(H,27,34)(H,29,31)(H,30,33)/t16-/m0/s1. The van der Waals surface area contributed by atoms with Crippen molar-refractivity contribution in [1.29, 1.82) is 0 Å². The lowest BCUT2D eigenvalue weighted by atomic mass is 9.91. The Morgan fingerprint density at radius 3 is 2.77 bits per heavy atom. The van der Waals surface area contributed by atoms with Gasteiger partial charge in [0.05, 0.1) is 17.4 Å². The van der Waals surface area contributed by atoms with Crippen molar-refractivity contribution >= 4 is 51.4 Å². The molecule has 0 aromatic carbocycles. The first-order valence-corrected chi connectivity index (χ1v) is 13.3. The summed E-state index contributed by atoms with van der Waals surface area (Å²) in [6, 6.07) is 3.63. The summed E-state index contributed by atoms with van der Waals surface area (Å²) in [7, 11) is 0. The number of aryl methyl sites for hydroxylation is 1. The third-order valence-corrected chi connectivity index (χ3v) is 8.28. The van der Waals surface area contributed by atoms with Gasteiger partial charge in [0.25, 0.3) is 5.91 Å². The Hall–Kier alpha value is -2.98. The van der Waals surface area contributed by atoms with E-state index >= 15 is 0 Å². The van der Waals surface area contributed by atoms with Crippen LogP contribution in [0.2, 0.25) is 5.15 Å². The Kier molecular flexibility index (Phi) is 5.93. The molecule has 0 saturated heterocycles. The summed E-state index contributed by atoms with van der Waals surface area (Å²) < 4.78 is 2.02. The molecule has 9 nitrogen and oxygen atoms in total. The van der Waals surface area contributed by atoms with Gasteiger partial charge in [0, 0.05) is 23.4 Å². The predicted octanol–water partition coefficient (Wildman–Crippen LogP) is 4.35. The molecule has 3 heterocycles. The van der Waals surface area contributed by atoms with Gasteiger partial charge in [0.2, 0.25) is 11.9 Å². The van der Waals surface area contributed by atoms with Crippen molar-refractivity contribution in [3.8, 4) is 0 Å². The molecular formula is C24H26ClN7O2S. The highest BCUT2D eigenvalue weighted by Gasteiger charge is 2.35. The fraction of sp³-hybridized carbons (Fsp3) is 0.458. The topological polar surface area (TPSA) is 114 Å². The van der Waals surface area contributed by atoms with Gasteiger partial charge in [-0.05, 0) is 68.6 Å². The minimum atomic E-state index is -0.0875. The second kappa shape index (κ2) is 9.23. The van der Waals surface area contributed by atoms with Crippen LogP contribution in [0.25, 0.3) is 0 Å². The van der Waals surface area contributed by atoms with Crippen molar-refractivity contribution in [2.24, 2.45) is 11.8 Å². The van der Waals surface area contributed by atoms with E-state index in [1.807, 2.05) is 10.6 Å². The van der Waals surface area contributed by atoms with Crippen LogP contribution in [0.15, 0.2) is 24.7 Å². The molecule has 0 radical (unpaired) electrons. The van der Waals surface area contributed by atoms with Crippen molar-refractivity contribution in [1.82, 2.24) is 25.1 Å². The van der Waals surface area contributed by atoms with E-state index in [-0.39, 0.29) is 23.8 Å². The third kappa shape index (κ3) is 4.90. The Bertz CT molecular complexity index is 1260. The summed E-state index contributed by atoms with van der Waals surface area (Å²) in [5.74, 6) is 1.21. The van der Waals surface area contributed by atoms with Crippen LogP contribution >= 0.6 is 22.9 Å². The summed E-state index contributed by atoms with van der Waals surface area (Å²) in [6.45, 7) is 0.692. The smallest absolute Gasteiger partial charge is 0.254 e. The van der Waals surface area contributed by atoms with Gasteiger partial charge in [0.15, 0.2) is 0 Å². The first-order valence-electron chi connectivity index (χ1n) is 12.1. The quantitative estimate of drug-likeness (QED) is 0.387. The molecule has 2 amide bonds. The second-order valence-electron chi connectivity index (χ2n) is 9.58. The SMILES string of the molecule is O=C(NCC1CC1)c1c(NC(=O)C2CC2)sc2c1C[C@@H](n1cnnc1Nc1ccc(Cl)nc1)CC2. The first-order chi connectivity index (χ1) is 17.0. The fourth-order valence-electron chi connectivity index (χ4n) is 4.52. The zero-order valence-corrected chi connectivity index (χ0v) is 20.7. The largest absolute Gasteiger partial charge is 0.352 e. The van der Waals surface area contributed by atoms with Gasteiger partial charge < -0.3 is 16.0 Å². The molecule has 0 spiro atoms. The normalized spacial score (nSPS) is 19.2. The number of carbonyl (C=O) groups excluding carboxylic acids is 2. The minimum absolute atomic E-state index is 0.0262. The van der Waals surface area contributed by atoms with Gasteiger partial charge in [-0.1, -0.05) is 11.6 Å². The number of carbonyl (C=O) groups is 2. The summed E-state index contributed by atoms with van der Waals surface area (Å²) in [5.41, 5.74) is 2.42. The summed E-state index contributed by atoms with van der Waals surface area (Å²) in [4.78, 5) is 31.1. The summed E-state index contributed by atoms with van der Waals surface area (Å²) in [6.07, 6.45) is 9.94. The summed E-state index contributed by atoms with van der Waals surface area (Å²) >= 11 is 7.45. The first kappa shape index (κ1) is 22.5. The molecule has 2 fully saturated rings. The molecule has 6 rings (SSSR count). The number of nitrogens with one attached hydrogen (secondary N) is 3. The maximum atomic E-state index is 13.3. The zero-order chi connectivity index (χ0) is 23.9. The van der Waals surface area contributed by atoms with Gasteiger partial charge in [-0.2, -0.15) is 0 Å². The van der Waals surface area contributed by atoms with E-state index in [0.717, 1.165) is 36.9 Å². The van der Waals surface area contributed by atoms with Crippen LogP contribution in [-0.4, -0.2) is 38.1 Å². The predicted molar refractivity (Wildman–Crippen MR) is 134 cm³/mol. The summed E-state index contributed by atoms with van der Waals surface area (Å²) in [5, 5.41) is 18.9. The lowest BCUT2D eigenvalue weighted by molar-refractivity contribution is -0.117. The van der Waals surface area contributed by atoms with E-state index in [1.165, 1.54) is 17.7 Å². The Labute approximate surface area is 211 Å². The Balaban J connectivity index is 1.26. The van der Waals surface area contributed by atoms with E-state index in [2.05, 4.69) is 31.1 Å². The number of halogens is 1. The van der Waals surface area contributed by atoms with Crippen molar-refractivity contribution in [2.75, 3.05) is 17.2 Å². The number of amides is 2. The average molecular weight is 512 g/mol. The molecule has 3 aliphatic rings. The second-order valence-corrected chi connectivity index (χ2v) is 11.1. The third-order valence-electron chi connectivity index (χ3n) is 6.85. The zero-order valence-electron chi connectivity index (χ0n) is 19.1. The number of hydrogen-bond donors (Lipinski definition) is 3. The van der Waals surface area contributed by atoms with Crippen molar-refractivity contribution < 1.29 is 9.59 Å². The van der Waals surface area contributed by atoms with Crippen LogP contribution in [0.5, 0.6) is 0 Å². The molecular weight excluding hydrogens is 486 g/mol. The maximum absolute atomic E-state index is 13.3. The molecule has 182 valence electrons. The molecule has 3 N–H and O–H groups in total. The van der Waals surface area contributed by atoms with Gasteiger partial charge in [0.1, 0.15) is 16.5 Å². The number of pyridine rings is 1. The molecule has 3 aromatic rings. The highest BCUT2D eigenvalue weighted by Crippen LogP contribution is 2.42. The molecule has 3 aliphatic carbocycles. The number of fused-ring (bicyclic) bond motifs is 1. The minimum Gasteiger partial charge on any atom is -0.352 e. The fourth-order valence-corrected chi connectivity index (χ4v) is 5.87. The number of aromatic nitrogens is 4. The highest BCUT2D eigenvalue weighted by atomic mass is 35.5. The number of anilines is 3. The van der Waals surface area contributed by atoms with Gasteiger partial charge in [-0.3, -0.25) is 14.2 Å². The van der Waals surface area contributed by atoms with Crippen LogP contribution in [0.4, 0.5) is 16.6 Å². The van der Waals surface area contributed by atoms with Crippen LogP contribution in [0.1, 0.15) is 58.9 Å². The van der Waals surface area contributed by atoms with Crippen molar-refractivity contribution in [3.63, 3.8) is 0 Å². The molecule has 0 unspecified atom stereocenters. The van der Waals surface area contributed by atoms with Crippen LogP contribution in [0, 0.1) is 11.8 Å². The van der Waals surface area contributed by atoms with E-state index in [9.17, 15) is 9.59 Å². The van der Waals surface area contributed by atoms with Crippen LogP contribution < -0.4 is 16.0 Å². The highest BCUT2D eigenvalue weighted by molar-refractivity contribution is 7.17. The molecule has 0 aliphatic heterocycles. The molecule has 0 bridgehead atoms. The maximum Gasteiger partial charge on any atom is 0.254 e. The van der Waals surface area contributed by atoms with Crippen LogP contribution in [-0.2, 0) is 17.6 Å². The lowest BCUT2D eigenvalue weighted by Crippen LogP contribution is -2.28. The number of rotatable bonds is 8.